The molecule has 46 heavy (non-hydrogen) atoms. The highest BCUT2D eigenvalue weighted by Crippen LogP contribution is 2.42. The van der Waals surface area contributed by atoms with Gasteiger partial charge < -0.3 is 19.7 Å². The van der Waals surface area contributed by atoms with Gasteiger partial charge in [-0.2, -0.15) is 0 Å². The fraction of sp³-hybridized carbons (Fsp3) is 0.316. The second kappa shape index (κ2) is 12.9. The molecule has 3 aliphatic heterocycles. The molecule has 2 saturated heterocycles. The number of hydrogen-bond acceptors (Lipinski definition) is 7. The molecule has 0 aromatic heterocycles. The van der Waals surface area contributed by atoms with Gasteiger partial charge in [-0.3, -0.25) is 19.4 Å². The number of fused-ring (bicyclic) bond motifs is 1. The van der Waals surface area contributed by atoms with Gasteiger partial charge in [-0.15, -0.1) is 0 Å². The van der Waals surface area contributed by atoms with Crippen molar-refractivity contribution in [1.29, 1.82) is 0 Å². The van der Waals surface area contributed by atoms with Crippen LogP contribution in [-0.4, -0.2) is 63.7 Å². The number of carbonyl (C=O) groups excluding carboxylic acids is 2. The predicted molar refractivity (Wildman–Crippen MR) is 173 cm³/mol. The summed E-state index contributed by atoms with van der Waals surface area (Å²) in [6.07, 6.45) is -0.509. The summed E-state index contributed by atoms with van der Waals surface area (Å²) in [5.41, 5.74) is 6.44. The van der Waals surface area contributed by atoms with E-state index in [1.54, 1.807) is 24.3 Å². The minimum atomic E-state index is -0.613. The lowest BCUT2D eigenvalue weighted by atomic mass is 9.90. The van der Waals surface area contributed by atoms with Crippen LogP contribution in [0.2, 0.25) is 0 Å². The Kier molecular flexibility index (Phi) is 8.55. The van der Waals surface area contributed by atoms with Gasteiger partial charge in [0.1, 0.15) is 0 Å². The maximum atomic E-state index is 13.0. The van der Waals surface area contributed by atoms with Gasteiger partial charge in [0, 0.05) is 31.1 Å². The van der Waals surface area contributed by atoms with E-state index in [9.17, 15) is 19.8 Å². The van der Waals surface area contributed by atoms with E-state index in [-0.39, 0.29) is 49.2 Å². The molecule has 3 aliphatic rings. The number of aliphatic hydroxyl groups is 2. The van der Waals surface area contributed by atoms with Gasteiger partial charge in [-0.05, 0) is 58.5 Å². The molecule has 7 rings (SSSR count). The Morgan fingerprint density at radius 1 is 0.783 bits per heavy atom. The first-order valence-corrected chi connectivity index (χ1v) is 15.9. The third-order valence-corrected chi connectivity index (χ3v) is 9.45. The van der Waals surface area contributed by atoms with Crippen LogP contribution >= 0.6 is 0 Å². The molecule has 8 nitrogen and oxygen atoms in total. The Morgan fingerprint density at radius 2 is 1.48 bits per heavy atom. The number of ether oxygens (including phenoxy) is 2. The first-order chi connectivity index (χ1) is 22.4. The molecule has 2 amide bonds. The minimum absolute atomic E-state index is 0.0146. The number of benzene rings is 4. The summed E-state index contributed by atoms with van der Waals surface area (Å²) in [6, 6.07) is 30.8. The zero-order valence-corrected chi connectivity index (χ0v) is 25.8. The van der Waals surface area contributed by atoms with Crippen molar-refractivity contribution >= 4 is 11.8 Å². The van der Waals surface area contributed by atoms with Crippen LogP contribution in [0.3, 0.4) is 0 Å². The summed E-state index contributed by atoms with van der Waals surface area (Å²) in [4.78, 5) is 29.5. The summed E-state index contributed by atoms with van der Waals surface area (Å²) in [5, 5.41) is 19.7. The van der Waals surface area contributed by atoms with Gasteiger partial charge in [-0.1, -0.05) is 79.7 Å². The van der Waals surface area contributed by atoms with E-state index in [1.165, 1.54) is 4.90 Å². The lowest BCUT2D eigenvalue weighted by Crippen LogP contribution is -2.44. The third kappa shape index (κ3) is 6.02. The number of carbonyl (C=O) groups is 2. The number of imide groups is 1. The van der Waals surface area contributed by atoms with Crippen LogP contribution < -0.4 is 0 Å². The van der Waals surface area contributed by atoms with Crippen LogP contribution in [-0.2, 0) is 22.6 Å². The van der Waals surface area contributed by atoms with E-state index >= 15 is 0 Å². The van der Waals surface area contributed by atoms with E-state index in [0.717, 1.165) is 46.3 Å². The molecule has 3 heterocycles. The van der Waals surface area contributed by atoms with E-state index in [2.05, 4.69) is 17.9 Å². The van der Waals surface area contributed by atoms with E-state index in [1.807, 2.05) is 66.7 Å². The Labute approximate surface area is 268 Å². The first kappa shape index (κ1) is 30.5. The van der Waals surface area contributed by atoms with Crippen molar-refractivity contribution in [2.45, 2.75) is 51.1 Å². The van der Waals surface area contributed by atoms with Gasteiger partial charge in [-0.25, -0.2) is 0 Å². The normalized spacial score (nSPS) is 24.8. The van der Waals surface area contributed by atoms with Crippen LogP contribution in [0, 0.1) is 5.92 Å². The highest BCUT2D eigenvalue weighted by Gasteiger charge is 2.40. The van der Waals surface area contributed by atoms with Crippen molar-refractivity contribution in [3.05, 3.63) is 130 Å². The average Bonchev–Trinajstić information content (AvgIpc) is 3.61. The number of amides is 2. The fourth-order valence-corrected chi connectivity index (χ4v) is 6.84. The molecule has 0 radical (unpaired) electrons. The molecule has 8 heteroatoms. The summed E-state index contributed by atoms with van der Waals surface area (Å²) in [6.45, 7) is 4.49. The molecule has 0 saturated carbocycles. The van der Waals surface area contributed by atoms with Crippen molar-refractivity contribution in [3.8, 4) is 11.1 Å². The second-order valence-corrected chi connectivity index (χ2v) is 12.6. The van der Waals surface area contributed by atoms with Crippen LogP contribution in [0.15, 0.2) is 97.1 Å². The van der Waals surface area contributed by atoms with Crippen molar-refractivity contribution < 1.29 is 29.3 Å². The second-order valence-electron chi connectivity index (χ2n) is 12.6. The minimum Gasteiger partial charge on any atom is -0.392 e. The smallest absolute Gasteiger partial charge is 0.261 e. The molecular formula is C38H38N2O6. The van der Waals surface area contributed by atoms with E-state index < -0.39 is 6.29 Å². The van der Waals surface area contributed by atoms with Crippen LogP contribution in [0.5, 0.6) is 0 Å². The summed E-state index contributed by atoms with van der Waals surface area (Å²) in [7, 11) is 0. The zero-order valence-electron chi connectivity index (χ0n) is 25.8. The number of aliphatic hydroxyl groups excluding tert-OH is 2. The maximum Gasteiger partial charge on any atom is 0.261 e. The van der Waals surface area contributed by atoms with Gasteiger partial charge in [0.2, 0.25) is 0 Å². The Balaban J connectivity index is 1.14. The standard InChI is InChI=1S/C38H38N2O6/c1-24-34(22-39-17-16-31(42)21-39)45-38(46-35(24)27-14-12-25(23-41)13-15-27)30-9-5-8-29(19-30)28-7-4-6-26(18-28)20-40-36(43)32-10-2-3-11-33(32)37(40)44/h2-15,18-19,24,31,34-35,38,41-42H,16-17,20-23H2,1H3. The Bertz CT molecular complexity index is 1700. The van der Waals surface area contributed by atoms with Crippen molar-refractivity contribution in [1.82, 2.24) is 9.80 Å². The highest BCUT2D eigenvalue weighted by atomic mass is 16.7. The van der Waals surface area contributed by atoms with Crippen LogP contribution in [0.25, 0.3) is 11.1 Å². The lowest BCUT2D eigenvalue weighted by Gasteiger charge is -2.42. The molecule has 5 atom stereocenters. The van der Waals surface area contributed by atoms with E-state index in [4.69, 9.17) is 9.47 Å². The number of likely N-dealkylation sites (tertiary alicyclic amines) is 1. The molecule has 236 valence electrons. The molecule has 2 N–H and O–H groups in total. The molecular weight excluding hydrogens is 580 g/mol. The van der Waals surface area contributed by atoms with Crippen LogP contribution in [0.1, 0.15) is 68.7 Å². The van der Waals surface area contributed by atoms with Crippen LogP contribution in [0.4, 0.5) is 0 Å². The molecule has 2 fully saturated rings. The topological polar surface area (TPSA) is 99.5 Å². The molecule has 5 unspecified atom stereocenters. The Morgan fingerprint density at radius 3 is 2.15 bits per heavy atom. The van der Waals surface area contributed by atoms with Crippen molar-refractivity contribution in [2.24, 2.45) is 5.92 Å². The SMILES string of the molecule is CC1C(CN2CCC(O)C2)OC(c2cccc(-c3cccc(CN4C(=O)c5ccccc5C4=O)c3)c2)OC1c1ccc(CO)cc1. The van der Waals surface area contributed by atoms with Gasteiger partial charge in [0.05, 0.1) is 42.6 Å². The first-order valence-electron chi connectivity index (χ1n) is 15.9. The number of hydrogen-bond donors (Lipinski definition) is 2. The van der Waals surface area contributed by atoms with Gasteiger partial charge >= 0.3 is 0 Å². The molecule has 4 aromatic carbocycles. The summed E-state index contributed by atoms with van der Waals surface area (Å²) in [5.74, 6) is -0.490. The molecule has 4 aromatic rings. The maximum absolute atomic E-state index is 13.0. The molecule has 0 aliphatic carbocycles. The van der Waals surface area contributed by atoms with E-state index in [0.29, 0.717) is 24.2 Å². The third-order valence-electron chi connectivity index (χ3n) is 9.45. The molecule has 0 spiro atoms. The van der Waals surface area contributed by atoms with Crippen molar-refractivity contribution in [3.63, 3.8) is 0 Å². The molecule has 0 bridgehead atoms. The largest absolute Gasteiger partial charge is 0.392 e. The summed E-state index contributed by atoms with van der Waals surface area (Å²) < 4.78 is 13.4. The fourth-order valence-electron chi connectivity index (χ4n) is 6.84. The zero-order chi connectivity index (χ0) is 31.8. The number of nitrogens with zero attached hydrogens (tertiary/aromatic N) is 2. The number of rotatable bonds is 8. The predicted octanol–water partition coefficient (Wildman–Crippen LogP) is 5.50. The highest BCUT2D eigenvalue weighted by molar-refractivity contribution is 6.21. The Hall–Kier alpha value is -4.18. The average molecular weight is 619 g/mol. The van der Waals surface area contributed by atoms with Gasteiger partial charge in [0.25, 0.3) is 11.8 Å². The quantitative estimate of drug-likeness (QED) is 0.252. The van der Waals surface area contributed by atoms with Gasteiger partial charge in [0.15, 0.2) is 6.29 Å². The monoisotopic (exact) mass is 618 g/mol. The van der Waals surface area contributed by atoms with Crippen molar-refractivity contribution in [2.75, 3.05) is 19.6 Å². The number of β-amino-alcohol motifs (C(OH)–C–C–N with tert-alkyl or cyclic N) is 1. The lowest BCUT2D eigenvalue weighted by molar-refractivity contribution is -0.276. The summed E-state index contributed by atoms with van der Waals surface area (Å²) >= 11 is 0.